The van der Waals surface area contributed by atoms with E-state index in [1.807, 2.05) is 20.8 Å². The Morgan fingerprint density at radius 1 is 1.21 bits per heavy atom. The van der Waals surface area contributed by atoms with Crippen molar-refractivity contribution >= 4 is 18.0 Å². The Morgan fingerprint density at radius 2 is 1.89 bits per heavy atom. The highest BCUT2D eigenvalue weighted by atomic mass is 16.6. The summed E-state index contributed by atoms with van der Waals surface area (Å²) in [4.78, 5) is 39.0. The van der Waals surface area contributed by atoms with Crippen molar-refractivity contribution in [2.75, 3.05) is 26.2 Å². The maximum absolute atomic E-state index is 12.4. The lowest BCUT2D eigenvalue weighted by atomic mass is 9.93. The Hall–Kier alpha value is -2.57. The first-order valence-corrected chi connectivity index (χ1v) is 9.71. The number of likely N-dealkylation sites (tertiary alicyclic amines) is 1. The first kappa shape index (κ1) is 21.7. The zero-order valence-electron chi connectivity index (χ0n) is 16.9. The molecule has 1 saturated heterocycles. The van der Waals surface area contributed by atoms with Crippen LogP contribution in [0.5, 0.6) is 0 Å². The molecule has 2 rings (SSSR count). The average Bonchev–Trinajstić information content (AvgIpc) is 2.70. The smallest absolute Gasteiger partial charge is 0.410 e. The Balaban J connectivity index is 1.82. The van der Waals surface area contributed by atoms with E-state index in [1.165, 1.54) is 18.2 Å². The van der Waals surface area contributed by atoms with Gasteiger partial charge in [0, 0.05) is 32.3 Å². The van der Waals surface area contributed by atoms with Crippen molar-refractivity contribution in [1.29, 1.82) is 0 Å². The summed E-state index contributed by atoms with van der Waals surface area (Å²) in [5, 5.41) is 9.08. The normalized spacial score (nSPS) is 23.1. The molecular formula is C21H30N2O5. The number of carbonyl (C=O) groups is 3. The van der Waals surface area contributed by atoms with Gasteiger partial charge in [-0.3, -0.25) is 4.79 Å². The Labute approximate surface area is 166 Å². The summed E-state index contributed by atoms with van der Waals surface area (Å²) in [6.07, 6.45) is 9.97. The van der Waals surface area contributed by atoms with Gasteiger partial charge in [-0.15, -0.1) is 0 Å². The quantitative estimate of drug-likeness (QED) is 0.797. The summed E-state index contributed by atoms with van der Waals surface area (Å²) in [7, 11) is 0. The summed E-state index contributed by atoms with van der Waals surface area (Å²) >= 11 is 0. The van der Waals surface area contributed by atoms with Crippen molar-refractivity contribution in [2.45, 2.75) is 45.6 Å². The molecule has 154 valence electrons. The predicted molar refractivity (Wildman–Crippen MR) is 106 cm³/mol. The van der Waals surface area contributed by atoms with Gasteiger partial charge >= 0.3 is 12.1 Å². The predicted octanol–water partition coefficient (Wildman–Crippen LogP) is 2.99. The molecule has 0 radical (unpaired) electrons. The SMILES string of the molecule is CC(C)(C)OC(=O)N1CCC(CCN2C/C=C/C=C(C(=O)O)\C=C\C2=O)CC1. The topological polar surface area (TPSA) is 87.2 Å². The van der Waals surface area contributed by atoms with Crippen molar-refractivity contribution in [3.8, 4) is 0 Å². The van der Waals surface area contributed by atoms with E-state index >= 15 is 0 Å². The van der Waals surface area contributed by atoms with Crippen molar-refractivity contribution in [3.05, 3.63) is 36.0 Å². The highest BCUT2D eigenvalue weighted by Gasteiger charge is 2.27. The molecule has 2 amide bonds. The molecule has 0 bridgehead atoms. The largest absolute Gasteiger partial charge is 0.478 e. The molecule has 0 aromatic heterocycles. The highest BCUT2D eigenvalue weighted by Crippen LogP contribution is 2.22. The molecule has 0 aromatic carbocycles. The van der Waals surface area contributed by atoms with Crippen molar-refractivity contribution in [3.63, 3.8) is 0 Å². The lowest BCUT2D eigenvalue weighted by molar-refractivity contribution is -0.132. The van der Waals surface area contributed by atoms with Gasteiger partial charge < -0.3 is 19.6 Å². The second kappa shape index (κ2) is 9.57. The molecule has 1 fully saturated rings. The highest BCUT2D eigenvalue weighted by molar-refractivity contribution is 5.94. The summed E-state index contributed by atoms with van der Waals surface area (Å²) < 4.78 is 5.42. The van der Waals surface area contributed by atoms with E-state index in [0.29, 0.717) is 32.1 Å². The molecule has 28 heavy (non-hydrogen) atoms. The molecule has 0 atom stereocenters. The number of carbonyl (C=O) groups excluding carboxylic acids is 2. The van der Waals surface area contributed by atoms with Gasteiger partial charge in [0.1, 0.15) is 5.60 Å². The number of allylic oxidation sites excluding steroid dienone is 2. The van der Waals surface area contributed by atoms with E-state index in [0.717, 1.165) is 19.3 Å². The van der Waals surface area contributed by atoms with Gasteiger partial charge in [-0.25, -0.2) is 9.59 Å². The number of piperidine rings is 1. The van der Waals surface area contributed by atoms with Crippen LogP contribution in [0.4, 0.5) is 4.79 Å². The van der Waals surface area contributed by atoms with Crippen LogP contribution in [0.1, 0.15) is 40.0 Å². The first-order valence-electron chi connectivity index (χ1n) is 9.71. The molecule has 0 aliphatic carbocycles. The molecule has 2 aliphatic heterocycles. The fourth-order valence-corrected chi connectivity index (χ4v) is 3.18. The van der Waals surface area contributed by atoms with Crippen LogP contribution in [0.15, 0.2) is 36.0 Å². The second-order valence-electron chi connectivity index (χ2n) is 8.17. The summed E-state index contributed by atoms with van der Waals surface area (Å²) in [5.74, 6) is -0.802. The number of ether oxygens (including phenoxy) is 1. The van der Waals surface area contributed by atoms with Crippen LogP contribution in [0.25, 0.3) is 0 Å². The summed E-state index contributed by atoms with van der Waals surface area (Å²) in [5.41, 5.74) is -0.407. The van der Waals surface area contributed by atoms with Crippen molar-refractivity contribution < 1.29 is 24.2 Å². The fraction of sp³-hybridized carbons (Fsp3) is 0.571. The van der Waals surface area contributed by atoms with Crippen LogP contribution < -0.4 is 0 Å². The third kappa shape index (κ3) is 6.87. The van der Waals surface area contributed by atoms with Gasteiger partial charge in [0.05, 0.1) is 5.57 Å². The number of amides is 2. The third-order valence-corrected chi connectivity index (χ3v) is 4.78. The van der Waals surface area contributed by atoms with Gasteiger partial charge in [0.2, 0.25) is 5.91 Å². The van der Waals surface area contributed by atoms with Crippen LogP contribution in [0.2, 0.25) is 0 Å². The van der Waals surface area contributed by atoms with Crippen molar-refractivity contribution in [2.24, 2.45) is 5.92 Å². The molecule has 2 aliphatic rings. The second-order valence-corrected chi connectivity index (χ2v) is 8.17. The van der Waals surface area contributed by atoms with Crippen LogP contribution in [-0.2, 0) is 14.3 Å². The van der Waals surface area contributed by atoms with E-state index in [1.54, 1.807) is 22.0 Å². The Morgan fingerprint density at radius 3 is 2.50 bits per heavy atom. The number of hydrogen-bond acceptors (Lipinski definition) is 4. The minimum atomic E-state index is -1.06. The lowest BCUT2D eigenvalue weighted by Crippen LogP contribution is -2.42. The number of carboxylic acids is 1. The maximum Gasteiger partial charge on any atom is 0.410 e. The monoisotopic (exact) mass is 390 g/mol. The fourth-order valence-electron chi connectivity index (χ4n) is 3.18. The molecule has 0 saturated carbocycles. The van der Waals surface area contributed by atoms with E-state index in [4.69, 9.17) is 9.84 Å². The molecule has 1 N–H and O–H groups in total. The molecular weight excluding hydrogens is 360 g/mol. The van der Waals surface area contributed by atoms with Crippen LogP contribution in [-0.4, -0.2) is 64.7 Å². The molecule has 7 heteroatoms. The van der Waals surface area contributed by atoms with E-state index < -0.39 is 11.6 Å². The van der Waals surface area contributed by atoms with Gasteiger partial charge in [-0.05, 0) is 58.1 Å². The molecule has 2 heterocycles. The molecule has 0 spiro atoms. The third-order valence-electron chi connectivity index (χ3n) is 4.78. The number of aliphatic carboxylic acids is 1. The van der Waals surface area contributed by atoms with Crippen molar-refractivity contribution in [1.82, 2.24) is 9.80 Å². The standard InChI is InChI=1S/C21H30N2O5/c1-21(2,3)28-20(27)23-14-10-16(11-15-23)9-13-22-12-5-4-6-17(19(25)26)7-8-18(22)24/h4-8,16H,9-15H2,1-3H3,(H,25,26)/b5-4+,8-7+,17-6+. The first-order chi connectivity index (χ1) is 13.2. The Bertz CT molecular complexity index is 679. The maximum atomic E-state index is 12.4. The van der Waals surface area contributed by atoms with Gasteiger partial charge in [0.25, 0.3) is 0 Å². The van der Waals surface area contributed by atoms with Gasteiger partial charge in [-0.1, -0.05) is 12.2 Å². The minimum Gasteiger partial charge on any atom is -0.478 e. The molecule has 0 aromatic rings. The zero-order chi connectivity index (χ0) is 20.7. The van der Waals surface area contributed by atoms with Crippen LogP contribution in [0.3, 0.4) is 0 Å². The van der Waals surface area contributed by atoms with Gasteiger partial charge in [0.15, 0.2) is 0 Å². The minimum absolute atomic E-state index is 0.0842. The van der Waals surface area contributed by atoms with Gasteiger partial charge in [-0.2, -0.15) is 0 Å². The number of carboxylic acid groups (broad SMARTS) is 1. The lowest BCUT2D eigenvalue weighted by Gasteiger charge is -2.34. The zero-order valence-corrected chi connectivity index (χ0v) is 16.9. The number of nitrogens with zero attached hydrogens (tertiary/aromatic N) is 2. The average molecular weight is 390 g/mol. The number of rotatable bonds is 4. The van der Waals surface area contributed by atoms with E-state index in [-0.39, 0.29) is 17.6 Å². The summed E-state index contributed by atoms with van der Waals surface area (Å²) in [6, 6.07) is 0. The van der Waals surface area contributed by atoms with Crippen LogP contribution >= 0.6 is 0 Å². The van der Waals surface area contributed by atoms with E-state index in [9.17, 15) is 14.4 Å². The summed E-state index contributed by atoms with van der Waals surface area (Å²) in [6.45, 7) is 7.96. The Kier molecular flexibility index (Phi) is 7.43. The van der Waals surface area contributed by atoms with E-state index in [2.05, 4.69) is 0 Å². The molecule has 7 nitrogen and oxygen atoms in total. The van der Waals surface area contributed by atoms with Crippen LogP contribution in [0, 0.1) is 5.92 Å². The number of hydrogen-bond donors (Lipinski definition) is 1. The molecule has 0 unspecified atom stereocenters.